The van der Waals surface area contributed by atoms with Crippen LogP contribution in [0.4, 0.5) is 10.1 Å². The molecule has 96 valence electrons. The zero-order valence-electron chi connectivity index (χ0n) is 9.97. The minimum absolute atomic E-state index is 0.219. The molecule has 0 heterocycles. The third kappa shape index (κ3) is 3.08. The van der Waals surface area contributed by atoms with E-state index in [4.69, 9.17) is 6.42 Å². The first-order valence-electron chi connectivity index (χ1n) is 4.99. The molecule has 1 rings (SSSR count). The number of sulfonamides is 1. The van der Waals surface area contributed by atoms with Crippen molar-refractivity contribution in [3.05, 3.63) is 29.6 Å². The van der Waals surface area contributed by atoms with Crippen LogP contribution in [-0.2, 0) is 10.0 Å². The van der Waals surface area contributed by atoms with E-state index in [1.807, 2.05) is 0 Å². The topological polar surface area (TPSA) is 54.5 Å². The summed E-state index contributed by atoms with van der Waals surface area (Å²) in [5, 5.41) is 0. The molecule has 6 heteroatoms. The van der Waals surface area contributed by atoms with E-state index in [9.17, 15) is 17.6 Å². The van der Waals surface area contributed by atoms with Crippen molar-refractivity contribution in [2.24, 2.45) is 0 Å². The fraction of sp³-hybridized carbons (Fsp3) is 0.250. The highest BCUT2D eigenvalue weighted by molar-refractivity contribution is 7.92. The molecular formula is C12H12FNO3S. The van der Waals surface area contributed by atoms with Gasteiger partial charge < -0.3 is 0 Å². The van der Waals surface area contributed by atoms with E-state index >= 15 is 0 Å². The molecule has 0 radical (unpaired) electrons. The summed E-state index contributed by atoms with van der Waals surface area (Å²) in [5.41, 5.74) is 0.000205. The molecule has 0 spiro atoms. The van der Waals surface area contributed by atoms with Crippen molar-refractivity contribution in [2.45, 2.75) is 6.92 Å². The predicted octanol–water partition coefficient (Wildman–Crippen LogP) is 1.43. The monoisotopic (exact) mass is 269 g/mol. The molecule has 0 N–H and O–H groups in total. The van der Waals surface area contributed by atoms with E-state index in [0.717, 1.165) is 16.6 Å². The zero-order valence-corrected chi connectivity index (χ0v) is 10.8. The number of hydrogen-bond donors (Lipinski definition) is 0. The molecule has 0 aliphatic heterocycles. The second kappa shape index (κ2) is 5.19. The third-order valence-corrected chi connectivity index (χ3v) is 3.38. The van der Waals surface area contributed by atoms with Crippen LogP contribution in [0, 0.1) is 18.2 Å². The summed E-state index contributed by atoms with van der Waals surface area (Å²) >= 11 is 0. The molecule has 0 fully saturated rings. The maximum absolute atomic E-state index is 13.7. The molecular weight excluding hydrogens is 257 g/mol. The van der Waals surface area contributed by atoms with Gasteiger partial charge in [-0.05, 0) is 25.1 Å². The van der Waals surface area contributed by atoms with Gasteiger partial charge >= 0.3 is 0 Å². The van der Waals surface area contributed by atoms with Crippen molar-refractivity contribution in [3.63, 3.8) is 0 Å². The largest absolute Gasteiger partial charge is 0.295 e. The Bertz CT molecular complexity index is 617. The molecule has 0 unspecified atom stereocenters. The van der Waals surface area contributed by atoms with Crippen LogP contribution in [0.5, 0.6) is 0 Å². The van der Waals surface area contributed by atoms with Gasteiger partial charge in [-0.1, -0.05) is 5.92 Å². The van der Waals surface area contributed by atoms with Crippen LogP contribution in [0.3, 0.4) is 0 Å². The number of carbonyl (C=O) groups excluding carboxylic acids is 1. The lowest BCUT2D eigenvalue weighted by atomic mass is 10.1. The summed E-state index contributed by atoms with van der Waals surface area (Å²) in [6, 6.07) is 3.51. The lowest BCUT2D eigenvalue weighted by Crippen LogP contribution is -2.31. The van der Waals surface area contributed by atoms with Crippen molar-refractivity contribution >= 4 is 21.5 Å². The van der Waals surface area contributed by atoms with Crippen molar-refractivity contribution in [3.8, 4) is 12.3 Å². The van der Waals surface area contributed by atoms with Crippen LogP contribution in [0.15, 0.2) is 18.2 Å². The van der Waals surface area contributed by atoms with Crippen LogP contribution < -0.4 is 4.31 Å². The molecule has 1 aromatic rings. The second-order valence-corrected chi connectivity index (χ2v) is 5.60. The molecule has 0 aromatic heterocycles. The lowest BCUT2D eigenvalue weighted by molar-refractivity contribution is 0.101. The number of halogens is 1. The Balaban J connectivity index is 3.41. The van der Waals surface area contributed by atoms with E-state index in [1.54, 1.807) is 0 Å². The van der Waals surface area contributed by atoms with Crippen LogP contribution in [-0.4, -0.2) is 27.0 Å². The number of terminal acetylenes is 1. The van der Waals surface area contributed by atoms with Gasteiger partial charge in [-0.25, -0.2) is 12.8 Å². The minimum atomic E-state index is -3.71. The predicted molar refractivity (Wildman–Crippen MR) is 67.4 cm³/mol. The smallest absolute Gasteiger partial charge is 0.233 e. The quantitative estimate of drug-likeness (QED) is 0.613. The standard InChI is InChI=1S/C12H12FNO3S/c1-4-7-14(18(3,16)17)12-8-10(9(2)15)5-6-11(12)13/h1,5-6,8H,7H2,2-3H3. The summed E-state index contributed by atoms with van der Waals surface area (Å²) in [4.78, 5) is 11.2. The highest BCUT2D eigenvalue weighted by Crippen LogP contribution is 2.23. The van der Waals surface area contributed by atoms with Gasteiger partial charge in [0.25, 0.3) is 0 Å². The summed E-state index contributed by atoms with van der Waals surface area (Å²) < 4.78 is 37.5. The van der Waals surface area contributed by atoms with Crippen LogP contribution >= 0.6 is 0 Å². The van der Waals surface area contributed by atoms with Gasteiger partial charge in [0.1, 0.15) is 5.82 Å². The number of rotatable bonds is 4. The van der Waals surface area contributed by atoms with Crippen molar-refractivity contribution in [1.82, 2.24) is 0 Å². The Morgan fingerprint density at radius 1 is 1.50 bits per heavy atom. The lowest BCUT2D eigenvalue weighted by Gasteiger charge is -2.20. The number of Topliss-reactive ketones (excluding diaryl/α,β-unsaturated/α-hetero) is 1. The third-order valence-electron chi connectivity index (χ3n) is 2.26. The molecule has 0 atom stereocenters. The molecule has 0 bridgehead atoms. The molecule has 0 saturated carbocycles. The van der Waals surface area contributed by atoms with Crippen LogP contribution in [0.2, 0.25) is 0 Å². The van der Waals surface area contributed by atoms with Crippen molar-refractivity contribution < 1.29 is 17.6 Å². The van der Waals surface area contributed by atoms with E-state index in [0.29, 0.717) is 0 Å². The van der Waals surface area contributed by atoms with Gasteiger partial charge in [0.15, 0.2) is 5.78 Å². The maximum atomic E-state index is 13.7. The molecule has 18 heavy (non-hydrogen) atoms. The first-order valence-corrected chi connectivity index (χ1v) is 6.84. The van der Waals surface area contributed by atoms with E-state index in [-0.39, 0.29) is 23.6 Å². The number of anilines is 1. The summed E-state index contributed by atoms with van der Waals surface area (Å²) in [6.07, 6.45) is 5.99. The zero-order chi connectivity index (χ0) is 13.9. The molecule has 0 aliphatic carbocycles. The van der Waals surface area contributed by atoms with Crippen molar-refractivity contribution in [2.75, 3.05) is 17.1 Å². The maximum Gasteiger partial charge on any atom is 0.233 e. The normalized spacial score (nSPS) is 10.8. The van der Waals surface area contributed by atoms with Crippen LogP contribution in [0.25, 0.3) is 0 Å². The number of benzene rings is 1. The fourth-order valence-corrected chi connectivity index (χ4v) is 2.19. The molecule has 0 amide bonds. The second-order valence-electron chi connectivity index (χ2n) is 3.70. The minimum Gasteiger partial charge on any atom is -0.295 e. The summed E-state index contributed by atoms with van der Waals surface area (Å²) in [6.45, 7) is 1.01. The molecule has 1 aromatic carbocycles. The number of nitrogens with zero attached hydrogens (tertiary/aromatic N) is 1. The Kier molecular flexibility index (Phi) is 4.09. The fourth-order valence-electron chi connectivity index (χ4n) is 1.39. The highest BCUT2D eigenvalue weighted by atomic mass is 32.2. The average Bonchev–Trinajstić information content (AvgIpc) is 2.25. The molecule has 4 nitrogen and oxygen atoms in total. The van der Waals surface area contributed by atoms with Gasteiger partial charge in [0.05, 0.1) is 18.5 Å². The molecule has 0 aliphatic rings. The summed E-state index contributed by atoms with van der Waals surface area (Å²) in [5.74, 6) is 1.11. The summed E-state index contributed by atoms with van der Waals surface area (Å²) in [7, 11) is -3.71. The van der Waals surface area contributed by atoms with E-state index in [2.05, 4.69) is 5.92 Å². The Hall–Kier alpha value is -1.87. The van der Waals surface area contributed by atoms with Gasteiger partial charge in [0, 0.05) is 5.56 Å². The van der Waals surface area contributed by atoms with E-state index < -0.39 is 15.8 Å². The van der Waals surface area contributed by atoms with E-state index in [1.165, 1.54) is 19.1 Å². The first kappa shape index (κ1) is 14.2. The first-order chi connectivity index (χ1) is 8.27. The molecule has 0 saturated heterocycles. The van der Waals surface area contributed by atoms with Gasteiger partial charge in [0.2, 0.25) is 10.0 Å². The number of ketones is 1. The Morgan fingerprint density at radius 2 is 2.11 bits per heavy atom. The van der Waals surface area contributed by atoms with Gasteiger partial charge in [-0.3, -0.25) is 9.10 Å². The highest BCUT2D eigenvalue weighted by Gasteiger charge is 2.20. The number of hydrogen-bond acceptors (Lipinski definition) is 3. The van der Waals surface area contributed by atoms with Crippen molar-refractivity contribution in [1.29, 1.82) is 0 Å². The van der Waals surface area contributed by atoms with Gasteiger partial charge in [-0.15, -0.1) is 6.42 Å². The van der Waals surface area contributed by atoms with Crippen LogP contribution in [0.1, 0.15) is 17.3 Å². The number of carbonyl (C=O) groups is 1. The Labute approximate surface area is 105 Å². The van der Waals surface area contributed by atoms with Gasteiger partial charge in [-0.2, -0.15) is 0 Å². The average molecular weight is 269 g/mol. The Morgan fingerprint density at radius 3 is 2.56 bits per heavy atom. The SMILES string of the molecule is C#CCN(c1cc(C(C)=O)ccc1F)S(C)(=O)=O.